The van der Waals surface area contributed by atoms with Crippen molar-refractivity contribution in [2.24, 2.45) is 5.92 Å². The Bertz CT molecular complexity index is 106. The van der Waals surface area contributed by atoms with E-state index in [2.05, 4.69) is 13.8 Å². The molecule has 0 amide bonds. The fraction of sp³-hybridized carbons (Fsp3) is 0.900. The largest absolute Gasteiger partial charge is 0.333 e. The fourth-order valence-corrected chi connectivity index (χ4v) is 0.995. The minimum absolute atomic E-state index is 0.510. The molecule has 0 spiro atoms. The molecule has 3 nitrogen and oxygen atoms in total. The molecule has 0 N–H and O–H groups in total. The summed E-state index contributed by atoms with van der Waals surface area (Å²) in [5.74, 6) is 0.510. The maximum absolute atomic E-state index is 5.37. The van der Waals surface area contributed by atoms with Crippen LogP contribution in [0.2, 0.25) is 0 Å². The molecule has 0 fully saturated rings. The second-order valence-corrected chi connectivity index (χ2v) is 3.06. The van der Waals surface area contributed by atoms with Crippen molar-refractivity contribution in [3.8, 4) is 0 Å². The van der Waals surface area contributed by atoms with Crippen molar-refractivity contribution in [2.45, 2.75) is 33.2 Å². The van der Waals surface area contributed by atoms with Crippen molar-refractivity contribution in [2.75, 3.05) is 20.3 Å². The van der Waals surface area contributed by atoms with Crippen LogP contribution in [0.3, 0.4) is 0 Å². The number of hydrogen-bond acceptors (Lipinski definition) is 3. The Kier molecular flexibility index (Phi) is 8.40. The number of rotatable bonds is 8. The molecule has 79 valence electrons. The first-order valence-corrected chi connectivity index (χ1v) is 4.79. The molecule has 13 heavy (non-hydrogen) atoms. The summed E-state index contributed by atoms with van der Waals surface area (Å²) in [7, 11) is 1.58. The van der Waals surface area contributed by atoms with E-state index in [4.69, 9.17) is 14.2 Å². The predicted molar refractivity (Wildman–Crippen MR) is 52.1 cm³/mol. The Hall–Kier alpha value is -0.120. The maximum Gasteiger partial charge on any atom is 0.271 e. The Morgan fingerprint density at radius 1 is 1.31 bits per heavy atom. The van der Waals surface area contributed by atoms with Gasteiger partial charge >= 0.3 is 0 Å². The first kappa shape index (κ1) is 12.9. The smallest absolute Gasteiger partial charge is 0.271 e. The highest BCUT2D eigenvalue weighted by atomic mass is 16.8. The molecule has 0 aliphatic carbocycles. The van der Waals surface area contributed by atoms with Gasteiger partial charge in [-0.2, -0.15) is 0 Å². The molecule has 0 aromatic heterocycles. The van der Waals surface area contributed by atoms with Crippen molar-refractivity contribution in [1.82, 2.24) is 0 Å². The zero-order valence-corrected chi connectivity index (χ0v) is 8.91. The van der Waals surface area contributed by atoms with E-state index in [0.717, 1.165) is 12.8 Å². The van der Waals surface area contributed by atoms with Gasteiger partial charge in [-0.25, -0.2) is 0 Å². The lowest BCUT2D eigenvalue weighted by Crippen LogP contribution is -2.22. The normalized spacial score (nSPS) is 15.7. The van der Waals surface area contributed by atoms with Crippen molar-refractivity contribution < 1.29 is 14.2 Å². The molecule has 0 saturated heterocycles. The van der Waals surface area contributed by atoms with E-state index in [1.54, 1.807) is 7.11 Å². The summed E-state index contributed by atoms with van der Waals surface area (Å²) in [5.41, 5.74) is 0. The van der Waals surface area contributed by atoms with Gasteiger partial charge < -0.3 is 14.2 Å². The quantitative estimate of drug-likeness (QED) is 0.548. The summed E-state index contributed by atoms with van der Waals surface area (Å²) in [5, 5.41) is 0. The molecule has 0 aliphatic rings. The third-order valence-corrected chi connectivity index (χ3v) is 1.71. The topological polar surface area (TPSA) is 27.7 Å². The van der Waals surface area contributed by atoms with Crippen LogP contribution in [0.15, 0.2) is 0 Å². The molecule has 2 atom stereocenters. The SMILES string of the molecule is [CH2]CCC(C)COC(OC)OCC. The summed E-state index contributed by atoms with van der Waals surface area (Å²) < 4.78 is 15.5. The fourth-order valence-electron chi connectivity index (χ4n) is 0.995. The van der Waals surface area contributed by atoms with Gasteiger partial charge in [-0.1, -0.05) is 20.3 Å². The van der Waals surface area contributed by atoms with E-state index in [0.29, 0.717) is 19.1 Å². The summed E-state index contributed by atoms with van der Waals surface area (Å²) in [6.45, 7) is 8.58. The molecular formula is C10H21O3. The average molecular weight is 189 g/mol. The van der Waals surface area contributed by atoms with Crippen LogP contribution in [0, 0.1) is 12.8 Å². The van der Waals surface area contributed by atoms with Gasteiger partial charge in [0.25, 0.3) is 6.48 Å². The van der Waals surface area contributed by atoms with Crippen molar-refractivity contribution in [3.63, 3.8) is 0 Å². The van der Waals surface area contributed by atoms with E-state index in [1.807, 2.05) is 6.92 Å². The second kappa shape index (κ2) is 8.48. The Morgan fingerprint density at radius 2 is 2.00 bits per heavy atom. The maximum atomic E-state index is 5.37. The number of methoxy groups -OCH3 is 1. The molecule has 1 radical (unpaired) electrons. The molecule has 2 unspecified atom stereocenters. The van der Waals surface area contributed by atoms with Gasteiger partial charge in [-0.15, -0.1) is 0 Å². The van der Waals surface area contributed by atoms with Crippen LogP contribution in [-0.4, -0.2) is 26.8 Å². The third kappa shape index (κ3) is 6.99. The number of ether oxygens (including phenoxy) is 3. The Labute approximate surface area is 81.4 Å². The highest BCUT2D eigenvalue weighted by Crippen LogP contribution is 2.07. The highest BCUT2D eigenvalue weighted by molar-refractivity contribution is 4.52. The lowest BCUT2D eigenvalue weighted by atomic mass is 10.1. The molecule has 0 saturated carbocycles. The van der Waals surface area contributed by atoms with E-state index >= 15 is 0 Å². The first-order chi connectivity index (χ1) is 6.24. The van der Waals surface area contributed by atoms with Gasteiger partial charge in [-0.05, 0) is 19.3 Å². The average Bonchev–Trinajstić information content (AvgIpc) is 2.12. The highest BCUT2D eigenvalue weighted by Gasteiger charge is 2.08. The summed E-state index contributed by atoms with van der Waals surface area (Å²) >= 11 is 0. The molecule has 0 rings (SSSR count). The summed E-state index contributed by atoms with van der Waals surface area (Å²) in [4.78, 5) is 0. The van der Waals surface area contributed by atoms with Crippen LogP contribution in [-0.2, 0) is 14.2 Å². The summed E-state index contributed by atoms with van der Waals surface area (Å²) in [6.07, 6.45) is 2.01. The second-order valence-electron chi connectivity index (χ2n) is 3.06. The van der Waals surface area contributed by atoms with E-state index in [-0.39, 0.29) is 0 Å². The van der Waals surface area contributed by atoms with E-state index in [9.17, 15) is 0 Å². The zero-order valence-electron chi connectivity index (χ0n) is 8.91. The van der Waals surface area contributed by atoms with Gasteiger partial charge in [0.2, 0.25) is 0 Å². The molecule has 0 bridgehead atoms. The van der Waals surface area contributed by atoms with E-state index in [1.165, 1.54) is 0 Å². The zero-order chi connectivity index (χ0) is 10.1. The van der Waals surface area contributed by atoms with Crippen LogP contribution < -0.4 is 0 Å². The van der Waals surface area contributed by atoms with Gasteiger partial charge in [0.1, 0.15) is 0 Å². The molecular weight excluding hydrogens is 168 g/mol. The van der Waals surface area contributed by atoms with Crippen LogP contribution in [0.5, 0.6) is 0 Å². The molecule has 3 heteroatoms. The van der Waals surface area contributed by atoms with Crippen LogP contribution >= 0.6 is 0 Å². The standard InChI is InChI=1S/C10H21O3/c1-5-7-9(3)8-13-10(11-4)12-6-2/h9-10H,1,5-8H2,2-4H3. The van der Waals surface area contributed by atoms with Crippen molar-refractivity contribution >= 4 is 0 Å². The van der Waals surface area contributed by atoms with Gasteiger partial charge in [0.05, 0.1) is 6.61 Å². The van der Waals surface area contributed by atoms with Crippen molar-refractivity contribution in [1.29, 1.82) is 0 Å². The first-order valence-electron chi connectivity index (χ1n) is 4.79. The monoisotopic (exact) mass is 189 g/mol. The van der Waals surface area contributed by atoms with Crippen LogP contribution in [0.25, 0.3) is 0 Å². The van der Waals surface area contributed by atoms with Gasteiger partial charge in [0, 0.05) is 13.7 Å². The van der Waals surface area contributed by atoms with Gasteiger partial charge in [0.15, 0.2) is 0 Å². The molecule has 0 aromatic rings. The molecule has 0 heterocycles. The van der Waals surface area contributed by atoms with Crippen LogP contribution in [0.1, 0.15) is 26.7 Å². The van der Waals surface area contributed by atoms with E-state index < -0.39 is 6.48 Å². The minimum atomic E-state index is -0.516. The molecule has 0 aromatic carbocycles. The van der Waals surface area contributed by atoms with Crippen LogP contribution in [0.4, 0.5) is 0 Å². The lowest BCUT2D eigenvalue weighted by molar-refractivity contribution is -0.278. The van der Waals surface area contributed by atoms with Gasteiger partial charge in [-0.3, -0.25) is 0 Å². The molecule has 0 aliphatic heterocycles. The third-order valence-electron chi connectivity index (χ3n) is 1.71. The summed E-state index contributed by atoms with van der Waals surface area (Å²) in [6, 6.07) is 0. The lowest BCUT2D eigenvalue weighted by Gasteiger charge is -2.18. The number of hydrogen-bond donors (Lipinski definition) is 0. The Balaban J connectivity index is 3.46. The minimum Gasteiger partial charge on any atom is -0.333 e. The van der Waals surface area contributed by atoms with Crippen molar-refractivity contribution in [3.05, 3.63) is 6.92 Å². The predicted octanol–water partition coefficient (Wildman–Crippen LogP) is 2.22. The Morgan fingerprint density at radius 3 is 2.46 bits per heavy atom.